The van der Waals surface area contributed by atoms with Crippen molar-refractivity contribution in [2.75, 3.05) is 6.61 Å². The number of carbonyl (C=O) groups excluding carboxylic acids is 3. The fraction of sp³-hybridized carbons (Fsp3) is 0.350. The molecule has 0 saturated heterocycles. The van der Waals surface area contributed by atoms with Crippen LogP contribution in [0, 0.1) is 0 Å². The molecule has 3 amide bonds. The van der Waals surface area contributed by atoms with Crippen molar-refractivity contribution in [2.45, 2.75) is 38.1 Å². The molecule has 1 aliphatic carbocycles. The van der Waals surface area contributed by atoms with E-state index in [0.717, 1.165) is 42.9 Å². The van der Waals surface area contributed by atoms with Gasteiger partial charge in [-0.2, -0.15) is 0 Å². The molecular weight excluding hydrogens is 348 g/mol. The van der Waals surface area contributed by atoms with Crippen LogP contribution in [0.1, 0.15) is 42.5 Å². The van der Waals surface area contributed by atoms with Crippen LogP contribution in [0.5, 0.6) is 5.75 Å². The minimum atomic E-state index is -0.832. The monoisotopic (exact) mass is 370 g/mol. The quantitative estimate of drug-likeness (QED) is 0.718. The Morgan fingerprint density at radius 1 is 1.04 bits per heavy atom. The maximum absolute atomic E-state index is 12.2. The Balaban J connectivity index is 1.51. The number of imide groups is 1. The van der Waals surface area contributed by atoms with Crippen LogP contribution in [0.15, 0.2) is 36.4 Å². The lowest BCUT2D eigenvalue weighted by Crippen LogP contribution is -2.46. The number of aromatic hydroxyl groups is 1. The summed E-state index contributed by atoms with van der Waals surface area (Å²) < 4.78 is 4.92. The van der Waals surface area contributed by atoms with Crippen LogP contribution in [0.25, 0.3) is 10.8 Å². The SMILES string of the molecule is O=C(COC(=O)c1cc2ccccc2cc1O)NC(=O)NC1CCCCC1. The van der Waals surface area contributed by atoms with E-state index in [0.29, 0.717) is 0 Å². The van der Waals surface area contributed by atoms with Gasteiger partial charge in [0.2, 0.25) is 0 Å². The van der Waals surface area contributed by atoms with Crippen molar-refractivity contribution in [1.82, 2.24) is 10.6 Å². The number of nitrogens with one attached hydrogen (secondary N) is 2. The predicted octanol–water partition coefficient (Wildman–Crippen LogP) is 2.86. The van der Waals surface area contributed by atoms with E-state index in [1.54, 1.807) is 6.07 Å². The molecule has 0 aromatic heterocycles. The maximum Gasteiger partial charge on any atom is 0.342 e. The van der Waals surface area contributed by atoms with Gasteiger partial charge < -0.3 is 15.2 Å². The summed E-state index contributed by atoms with van der Waals surface area (Å²) in [4.78, 5) is 35.8. The third-order valence-corrected chi connectivity index (χ3v) is 4.61. The van der Waals surface area contributed by atoms with Crippen LogP contribution in [-0.4, -0.2) is 35.7 Å². The van der Waals surface area contributed by atoms with Crippen molar-refractivity contribution in [3.63, 3.8) is 0 Å². The first kappa shape index (κ1) is 18.7. The molecule has 0 bridgehead atoms. The van der Waals surface area contributed by atoms with Crippen LogP contribution in [0.2, 0.25) is 0 Å². The van der Waals surface area contributed by atoms with Gasteiger partial charge in [0.05, 0.1) is 0 Å². The number of hydrogen-bond acceptors (Lipinski definition) is 5. The molecule has 1 saturated carbocycles. The molecule has 2 aromatic carbocycles. The van der Waals surface area contributed by atoms with Gasteiger partial charge in [-0.1, -0.05) is 43.5 Å². The summed E-state index contributed by atoms with van der Waals surface area (Å²) in [5, 5.41) is 16.4. The molecule has 7 nitrogen and oxygen atoms in total. The number of carbonyl (C=O) groups is 3. The van der Waals surface area contributed by atoms with E-state index in [1.165, 1.54) is 12.1 Å². The van der Waals surface area contributed by atoms with Crippen molar-refractivity contribution >= 4 is 28.7 Å². The molecular formula is C20H22N2O5. The molecule has 1 aliphatic rings. The second kappa shape index (κ2) is 8.53. The summed E-state index contributed by atoms with van der Waals surface area (Å²) in [6.45, 7) is -0.608. The molecule has 2 aromatic rings. The average molecular weight is 370 g/mol. The highest BCUT2D eigenvalue weighted by molar-refractivity contribution is 6.00. The van der Waals surface area contributed by atoms with Gasteiger partial charge in [-0.15, -0.1) is 0 Å². The molecule has 0 atom stereocenters. The largest absolute Gasteiger partial charge is 0.507 e. The highest BCUT2D eigenvalue weighted by Gasteiger charge is 2.19. The summed E-state index contributed by atoms with van der Waals surface area (Å²) in [5.74, 6) is -1.79. The molecule has 0 unspecified atom stereocenters. The number of phenolic OH excluding ortho intramolecular Hbond substituents is 1. The lowest BCUT2D eigenvalue weighted by Gasteiger charge is -2.22. The third kappa shape index (κ3) is 4.97. The number of rotatable bonds is 4. The van der Waals surface area contributed by atoms with Crippen molar-refractivity contribution in [1.29, 1.82) is 0 Å². The van der Waals surface area contributed by atoms with E-state index in [1.807, 2.05) is 18.2 Å². The van der Waals surface area contributed by atoms with E-state index >= 15 is 0 Å². The van der Waals surface area contributed by atoms with Crippen LogP contribution in [-0.2, 0) is 9.53 Å². The lowest BCUT2D eigenvalue weighted by atomic mass is 9.96. The molecule has 3 rings (SSSR count). The fourth-order valence-corrected chi connectivity index (χ4v) is 3.23. The zero-order valence-corrected chi connectivity index (χ0v) is 14.9. The summed E-state index contributed by atoms with van der Waals surface area (Å²) in [6, 6.07) is 9.69. The van der Waals surface area contributed by atoms with E-state index in [9.17, 15) is 19.5 Å². The lowest BCUT2D eigenvalue weighted by molar-refractivity contribution is -0.123. The number of benzene rings is 2. The number of amides is 3. The van der Waals surface area contributed by atoms with E-state index < -0.39 is 24.5 Å². The molecule has 0 aliphatic heterocycles. The van der Waals surface area contributed by atoms with E-state index in [4.69, 9.17) is 4.74 Å². The normalized spacial score (nSPS) is 14.5. The summed E-state index contributed by atoms with van der Waals surface area (Å²) in [5.41, 5.74) is -0.0341. The van der Waals surface area contributed by atoms with Crippen molar-refractivity contribution < 1.29 is 24.2 Å². The minimum Gasteiger partial charge on any atom is -0.507 e. The zero-order chi connectivity index (χ0) is 19.2. The Morgan fingerprint density at radius 3 is 2.41 bits per heavy atom. The second-order valence-corrected chi connectivity index (χ2v) is 6.65. The maximum atomic E-state index is 12.2. The van der Waals surface area contributed by atoms with Gasteiger partial charge in [0.15, 0.2) is 6.61 Å². The molecule has 27 heavy (non-hydrogen) atoms. The summed E-state index contributed by atoms with van der Waals surface area (Å²) >= 11 is 0. The van der Waals surface area contributed by atoms with Crippen LogP contribution < -0.4 is 10.6 Å². The van der Waals surface area contributed by atoms with Gasteiger partial charge in [-0.3, -0.25) is 10.1 Å². The van der Waals surface area contributed by atoms with Gasteiger partial charge in [-0.05, 0) is 35.7 Å². The number of urea groups is 1. The average Bonchev–Trinajstić information content (AvgIpc) is 2.66. The van der Waals surface area contributed by atoms with Gasteiger partial charge in [-0.25, -0.2) is 9.59 Å². The Kier molecular flexibility index (Phi) is 5.90. The zero-order valence-electron chi connectivity index (χ0n) is 14.9. The van der Waals surface area contributed by atoms with Crippen molar-refractivity contribution in [3.05, 3.63) is 42.0 Å². The minimum absolute atomic E-state index is 0.0341. The molecule has 1 fully saturated rings. The van der Waals surface area contributed by atoms with Crippen LogP contribution in [0.3, 0.4) is 0 Å². The topological polar surface area (TPSA) is 105 Å². The van der Waals surface area contributed by atoms with Gasteiger partial charge >= 0.3 is 12.0 Å². The third-order valence-electron chi connectivity index (χ3n) is 4.61. The highest BCUT2D eigenvalue weighted by atomic mass is 16.5. The summed E-state index contributed by atoms with van der Waals surface area (Å²) in [6.07, 6.45) is 5.09. The number of ether oxygens (including phenoxy) is 1. The molecule has 0 heterocycles. The van der Waals surface area contributed by atoms with Crippen LogP contribution in [0.4, 0.5) is 4.79 Å². The first-order valence-corrected chi connectivity index (χ1v) is 9.02. The number of fused-ring (bicyclic) bond motifs is 1. The molecule has 142 valence electrons. The van der Waals surface area contributed by atoms with Gasteiger partial charge in [0.1, 0.15) is 11.3 Å². The smallest absolute Gasteiger partial charge is 0.342 e. The van der Waals surface area contributed by atoms with Crippen molar-refractivity contribution in [3.8, 4) is 5.75 Å². The van der Waals surface area contributed by atoms with Crippen molar-refractivity contribution in [2.24, 2.45) is 0 Å². The highest BCUT2D eigenvalue weighted by Crippen LogP contribution is 2.25. The number of hydrogen-bond donors (Lipinski definition) is 3. The Labute approximate surface area is 156 Å². The van der Waals surface area contributed by atoms with Crippen LogP contribution >= 0.6 is 0 Å². The van der Waals surface area contributed by atoms with E-state index in [2.05, 4.69) is 10.6 Å². The Morgan fingerprint density at radius 2 is 1.70 bits per heavy atom. The molecule has 7 heteroatoms. The second-order valence-electron chi connectivity index (χ2n) is 6.65. The molecule has 3 N–H and O–H groups in total. The van der Waals surface area contributed by atoms with E-state index in [-0.39, 0.29) is 17.4 Å². The standard InChI is InChI=1S/C20H22N2O5/c23-17-11-14-7-5-4-6-13(14)10-16(17)19(25)27-12-18(24)22-20(26)21-15-8-2-1-3-9-15/h4-7,10-11,15,23H,1-3,8-9,12H2,(H2,21,22,24,26). The molecule has 0 radical (unpaired) electrons. The van der Waals surface area contributed by atoms with Gasteiger partial charge in [0.25, 0.3) is 5.91 Å². The fourth-order valence-electron chi connectivity index (χ4n) is 3.23. The van der Waals surface area contributed by atoms with Gasteiger partial charge in [0, 0.05) is 6.04 Å². The predicted molar refractivity (Wildman–Crippen MR) is 99.4 cm³/mol. The molecule has 0 spiro atoms. The first-order chi connectivity index (χ1) is 13.0. The number of phenols is 1. The Hall–Kier alpha value is -3.09. The summed E-state index contributed by atoms with van der Waals surface area (Å²) in [7, 11) is 0. The first-order valence-electron chi connectivity index (χ1n) is 9.02. The Bertz CT molecular complexity index is 859. The number of esters is 1.